The zero-order valence-corrected chi connectivity index (χ0v) is 11.9. The Morgan fingerprint density at radius 3 is 2.16 bits per heavy atom. The van der Waals surface area contributed by atoms with Crippen LogP contribution in [-0.2, 0) is 0 Å². The van der Waals surface area contributed by atoms with E-state index in [2.05, 4.69) is 44.3 Å². The van der Waals surface area contributed by atoms with E-state index >= 15 is 0 Å². The predicted molar refractivity (Wildman–Crippen MR) is 79.1 cm³/mol. The molecule has 0 heterocycles. The Hall–Kier alpha value is -1.83. The van der Waals surface area contributed by atoms with E-state index in [0.29, 0.717) is 0 Å². The molecule has 0 saturated heterocycles. The van der Waals surface area contributed by atoms with Gasteiger partial charge in [-0.3, -0.25) is 0 Å². The first kappa shape index (κ1) is 13.6. The van der Waals surface area contributed by atoms with Crippen LogP contribution in [0.25, 0.3) is 0 Å². The first-order valence-corrected chi connectivity index (χ1v) is 6.56. The molecule has 0 bridgehead atoms. The van der Waals surface area contributed by atoms with E-state index in [1.165, 1.54) is 22.8 Å². The maximum atomic E-state index is 13.1. The molecule has 1 unspecified atom stereocenters. The van der Waals surface area contributed by atoms with E-state index in [0.717, 1.165) is 11.3 Å². The van der Waals surface area contributed by atoms with Gasteiger partial charge in [0.15, 0.2) is 0 Å². The molecule has 0 saturated carbocycles. The minimum Gasteiger partial charge on any atom is -0.378 e. The molecule has 0 amide bonds. The Bertz CT molecular complexity index is 570. The number of hydrogen-bond donors (Lipinski definition) is 1. The van der Waals surface area contributed by atoms with Gasteiger partial charge in [-0.05, 0) is 57.0 Å². The van der Waals surface area contributed by atoms with Crippen molar-refractivity contribution in [1.29, 1.82) is 0 Å². The monoisotopic (exact) mass is 257 g/mol. The van der Waals surface area contributed by atoms with Crippen molar-refractivity contribution in [2.75, 3.05) is 5.32 Å². The molecular weight excluding hydrogens is 237 g/mol. The number of halogens is 1. The Morgan fingerprint density at radius 1 is 0.947 bits per heavy atom. The third-order valence-electron chi connectivity index (χ3n) is 3.30. The first-order valence-electron chi connectivity index (χ1n) is 6.56. The van der Waals surface area contributed by atoms with Gasteiger partial charge >= 0.3 is 0 Å². The van der Waals surface area contributed by atoms with Crippen molar-refractivity contribution < 1.29 is 4.39 Å². The second-order valence-corrected chi connectivity index (χ2v) is 5.25. The van der Waals surface area contributed by atoms with Gasteiger partial charge < -0.3 is 5.32 Å². The lowest BCUT2D eigenvalue weighted by Crippen LogP contribution is -2.08. The normalized spacial score (nSPS) is 12.3. The molecule has 2 aromatic carbocycles. The molecule has 0 radical (unpaired) electrons. The van der Waals surface area contributed by atoms with Gasteiger partial charge in [-0.15, -0.1) is 0 Å². The van der Waals surface area contributed by atoms with Gasteiger partial charge in [0.1, 0.15) is 5.82 Å². The van der Waals surface area contributed by atoms with Crippen molar-refractivity contribution >= 4 is 5.69 Å². The molecule has 1 nitrogen and oxygen atoms in total. The Labute approximate surface area is 114 Å². The maximum absolute atomic E-state index is 13.1. The van der Waals surface area contributed by atoms with E-state index in [1.54, 1.807) is 12.1 Å². The lowest BCUT2D eigenvalue weighted by atomic mass is 10.0. The molecule has 0 fully saturated rings. The number of aryl methyl sites for hydroxylation is 3. The molecule has 0 aromatic heterocycles. The topological polar surface area (TPSA) is 12.0 Å². The molecule has 0 aliphatic carbocycles. The van der Waals surface area contributed by atoms with Crippen LogP contribution in [0.2, 0.25) is 0 Å². The molecule has 19 heavy (non-hydrogen) atoms. The molecule has 100 valence electrons. The number of anilines is 1. The van der Waals surface area contributed by atoms with Crippen LogP contribution in [-0.4, -0.2) is 0 Å². The van der Waals surface area contributed by atoms with Crippen LogP contribution in [0.1, 0.15) is 35.2 Å². The van der Waals surface area contributed by atoms with E-state index in [1.807, 2.05) is 6.92 Å². The van der Waals surface area contributed by atoms with Crippen molar-refractivity contribution in [1.82, 2.24) is 0 Å². The molecule has 2 aromatic rings. The highest BCUT2D eigenvalue weighted by molar-refractivity contribution is 5.52. The Balaban J connectivity index is 2.22. The smallest absolute Gasteiger partial charge is 0.123 e. The van der Waals surface area contributed by atoms with Crippen LogP contribution in [0.5, 0.6) is 0 Å². The van der Waals surface area contributed by atoms with Gasteiger partial charge in [0.2, 0.25) is 0 Å². The van der Waals surface area contributed by atoms with E-state index in [4.69, 9.17) is 0 Å². The second-order valence-electron chi connectivity index (χ2n) is 5.25. The lowest BCUT2D eigenvalue weighted by Gasteiger charge is -2.18. The van der Waals surface area contributed by atoms with Gasteiger partial charge in [-0.25, -0.2) is 4.39 Å². The molecule has 0 spiro atoms. The minimum atomic E-state index is -0.192. The van der Waals surface area contributed by atoms with Gasteiger partial charge in [0, 0.05) is 11.7 Å². The van der Waals surface area contributed by atoms with Crippen molar-refractivity contribution in [3.8, 4) is 0 Å². The summed E-state index contributed by atoms with van der Waals surface area (Å²) < 4.78 is 13.1. The summed E-state index contributed by atoms with van der Waals surface area (Å²) in [6.45, 7) is 8.25. The average molecular weight is 257 g/mol. The number of benzene rings is 2. The zero-order chi connectivity index (χ0) is 14.0. The lowest BCUT2D eigenvalue weighted by molar-refractivity contribution is 0.626. The highest BCUT2D eigenvalue weighted by Gasteiger charge is 2.08. The molecule has 2 rings (SSSR count). The van der Waals surface area contributed by atoms with Gasteiger partial charge in [-0.2, -0.15) is 0 Å². The summed E-state index contributed by atoms with van der Waals surface area (Å²) in [6, 6.07) is 11.6. The summed E-state index contributed by atoms with van der Waals surface area (Å²) in [5, 5.41) is 3.44. The number of rotatable bonds is 3. The molecule has 1 atom stereocenters. The Morgan fingerprint density at radius 2 is 1.58 bits per heavy atom. The van der Waals surface area contributed by atoms with E-state index in [9.17, 15) is 4.39 Å². The van der Waals surface area contributed by atoms with Crippen molar-refractivity contribution in [2.24, 2.45) is 0 Å². The third kappa shape index (κ3) is 3.34. The van der Waals surface area contributed by atoms with Crippen molar-refractivity contribution in [3.63, 3.8) is 0 Å². The SMILES string of the molecule is Cc1cc(C)cc(C(C)Nc2ccc(F)cc2C)c1. The summed E-state index contributed by atoms with van der Waals surface area (Å²) in [4.78, 5) is 0. The third-order valence-corrected chi connectivity index (χ3v) is 3.30. The van der Waals surface area contributed by atoms with Crippen LogP contribution < -0.4 is 5.32 Å². The number of nitrogens with one attached hydrogen (secondary N) is 1. The molecule has 0 aliphatic heterocycles. The van der Waals surface area contributed by atoms with Crippen molar-refractivity contribution in [2.45, 2.75) is 33.7 Å². The molecule has 1 N–H and O–H groups in total. The largest absolute Gasteiger partial charge is 0.378 e. The highest BCUT2D eigenvalue weighted by atomic mass is 19.1. The fraction of sp³-hybridized carbons (Fsp3) is 0.294. The van der Waals surface area contributed by atoms with Crippen LogP contribution in [0, 0.1) is 26.6 Å². The highest BCUT2D eigenvalue weighted by Crippen LogP contribution is 2.24. The van der Waals surface area contributed by atoms with E-state index in [-0.39, 0.29) is 11.9 Å². The summed E-state index contributed by atoms with van der Waals surface area (Å²) in [5.41, 5.74) is 5.68. The first-order chi connectivity index (χ1) is 8.95. The van der Waals surface area contributed by atoms with Crippen molar-refractivity contribution in [3.05, 3.63) is 64.5 Å². The van der Waals surface area contributed by atoms with Crippen LogP contribution in [0.15, 0.2) is 36.4 Å². The van der Waals surface area contributed by atoms with Gasteiger partial charge in [0.25, 0.3) is 0 Å². The van der Waals surface area contributed by atoms with Crippen LogP contribution in [0.4, 0.5) is 10.1 Å². The predicted octanol–water partition coefficient (Wildman–Crippen LogP) is 4.92. The maximum Gasteiger partial charge on any atom is 0.123 e. The zero-order valence-electron chi connectivity index (χ0n) is 11.9. The van der Waals surface area contributed by atoms with Crippen LogP contribution >= 0.6 is 0 Å². The summed E-state index contributed by atoms with van der Waals surface area (Å²) in [6.07, 6.45) is 0. The molecular formula is C17H20FN. The minimum absolute atomic E-state index is 0.192. The molecule has 0 aliphatic rings. The fourth-order valence-electron chi connectivity index (χ4n) is 2.37. The summed E-state index contributed by atoms with van der Waals surface area (Å²) in [7, 11) is 0. The fourth-order valence-corrected chi connectivity index (χ4v) is 2.37. The molecule has 2 heteroatoms. The summed E-state index contributed by atoms with van der Waals surface area (Å²) in [5.74, 6) is -0.192. The van der Waals surface area contributed by atoms with Gasteiger partial charge in [-0.1, -0.05) is 29.3 Å². The number of hydrogen-bond acceptors (Lipinski definition) is 1. The Kier molecular flexibility index (Phi) is 3.89. The quantitative estimate of drug-likeness (QED) is 0.822. The van der Waals surface area contributed by atoms with Gasteiger partial charge in [0.05, 0.1) is 0 Å². The van der Waals surface area contributed by atoms with Crippen LogP contribution in [0.3, 0.4) is 0 Å². The second kappa shape index (κ2) is 5.43. The standard InChI is InChI=1S/C17H20FN/c1-11-7-12(2)9-15(8-11)14(4)19-17-6-5-16(18)10-13(17)3/h5-10,14,19H,1-4H3. The van der Waals surface area contributed by atoms with E-state index < -0.39 is 0 Å². The average Bonchev–Trinajstić information content (AvgIpc) is 2.31. The summed E-state index contributed by atoms with van der Waals surface area (Å²) >= 11 is 0.